The van der Waals surface area contributed by atoms with Crippen LogP contribution >= 0.6 is 27.7 Å². The Morgan fingerprint density at radius 1 is 1.42 bits per heavy atom. The number of benzene rings is 1. The Balaban J connectivity index is 2.86. The first-order chi connectivity index (χ1) is 9.10. The zero-order chi connectivity index (χ0) is 14.3. The molecule has 4 heteroatoms. The Bertz CT molecular complexity index is 384. The van der Waals surface area contributed by atoms with Crippen molar-refractivity contribution in [2.24, 2.45) is 0 Å². The summed E-state index contributed by atoms with van der Waals surface area (Å²) in [7, 11) is 2.19. The number of hydrogen-bond donors (Lipinski definition) is 1. The van der Waals surface area contributed by atoms with Crippen molar-refractivity contribution in [2.75, 3.05) is 30.5 Å². The van der Waals surface area contributed by atoms with Crippen molar-refractivity contribution in [1.82, 2.24) is 5.32 Å². The minimum absolute atomic E-state index is 0.536. The van der Waals surface area contributed by atoms with Crippen LogP contribution in [0.4, 0.5) is 5.69 Å². The van der Waals surface area contributed by atoms with Gasteiger partial charge < -0.3 is 10.2 Å². The molecule has 0 fully saturated rings. The lowest BCUT2D eigenvalue weighted by atomic mass is 10.1. The molecular weight excluding hydrogens is 320 g/mol. The number of hydrogen-bond acceptors (Lipinski definition) is 3. The van der Waals surface area contributed by atoms with Crippen molar-refractivity contribution in [2.45, 2.75) is 32.9 Å². The summed E-state index contributed by atoms with van der Waals surface area (Å²) < 4.78 is 1.14. The average molecular weight is 345 g/mol. The summed E-state index contributed by atoms with van der Waals surface area (Å²) in [6, 6.07) is 7.10. The molecule has 0 amide bonds. The summed E-state index contributed by atoms with van der Waals surface area (Å²) >= 11 is 5.48. The molecular formula is C15H25BrN2S. The second-order valence-electron chi connectivity index (χ2n) is 4.87. The molecule has 1 atom stereocenters. The number of nitrogens with one attached hydrogen (secondary N) is 1. The summed E-state index contributed by atoms with van der Waals surface area (Å²) in [5.74, 6) is 1.14. The fourth-order valence-electron chi connectivity index (χ4n) is 2.01. The molecule has 1 rings (SSSR count). The Morgan fingerprint density at radius 3 is 2.79 bits per heavy atom. The Kier molecular flexibility index (Phi) is 7.88. The van der Waals surface area contributed by atoms with Gasteiger partial charge in [0.15, 0.2) is 0 Å². The van der Waals surface area contributed by atoms with Crippen LogP contribution in [0.2, 0.25) is 0 Å². The standard InChI is InChI=1S/C15H25BrN2S/c1-5-8-17-10-13-6-7-14(16)9-15(13)18(3)12(2)11-19-4/h6-7,9,12,17H,5,8,10-11H2,1-4H3. The average Bonchev–Trinajstić information content (AvgIpc) is 2.40. The number of thioether (sulfide) groups is 1. The van der Waals surface area contributed by atoms with E-state index in [9.17, 15) is 0 Å². The Morgan fingerprint density at radius 2 is 2.16 bits per heavy atom. The smallest absolute Gasteiger partial charge is 0.0423 e. The van der Waals surface area contributed by atoms with Gasteiger partial charge in [-0.2, -0.15) is 11.8 Å². The van der Waals surface area contributed by atoms with E-state index in [0.717, 1.165) is 23.3 Å². The van der Waals surface area contributed by atoms with Crippen molar-refractivity contribution in [3.63, 3.8) is 0 Å². The van der Waals surface area contributed by atoms with E-state index in [0.29, 0.717) is 6.04 Å². The van der Waals surface area contributed by atoms with E-state index >= 15 is 0 Å². The van der Waals surface area contributed by atoms with Crippen molar-refractivity contribution in [3.8, 4) is 0 Å². The Labute approximate surface area is 130 Å². The second-order valence-corrected chi connectivity index (χ2v) is 6.69. The van der Waals surface area contributed by atoms with Crippen LogP contribution in [0, 0.1) is 0 Å². The molecule has 0 radical (unpaired) electrons. The van der Waals surface area contributed by atoms with Crippen LogP contribution in [-0.4, -0.2) is 31.6 Å². The first kappa shape index (κ1) is 16.9. The third-order valence-corrected chi connectivity index (χ3v) is 4.55. The van der Waals surface area contributed by atoms with Gasteiger partial charge in [0.1, 0.15) is 0 Å². The molecule has 108 valence electrons. The summed E-state index contributed by atoms with van der Waals surface area (Å²) in [4.78, 5) is 2.38. The Hall–Kier alpha value is -0.190. The largest absolute Gasteiger partial charge is 0.371 e. The third kappa shape index (κ3) is 5.36. The maximum absolute atomic E-state index is 3.58. The molecule has 2 nitrogen and oxygen atoms in total. The van der Waals surface area contributed by atoms with Crippen molar-refractivity contribution in [3.05, 3.63) is 28.2 Å². The maximum atomic E-state index is 3.58. The highest BCUT2D eigenvalue weighted by Gasteiger charge is 2.13. The zero-order valence-corrected chi connectivity index (χ0v) is 14.8. The van der Waals surface area contributed by atoms with E-state index in [2.05, 4.69) is 71.5 Å². The van der Waals surface area contributed by atoms with Gasteiger partial charge in [0.25, 0.3) is 0 Å². The number of anilines is 1. The fraction of sp³-hybridized carbons (Fsp3) is 0.600. The maximum Gasteiger partial charge on any atom is 0.0423 e. The summed E-state index contributed by atoms with van der Waals surface area (Å²) in [5, 5.41) is 3.49. The molecule has 0 aliphatic carbocycles. The van der Waals surface area contributed by atoms with E-state index < -0.39 is 0 Å². The van der Waals surface area contributed by atoms with Gasteiger partial charge in [0, 0.05) is 35.5 Å². The summed E-state index contributed by atoms with van der Waals surface area (Å²) in [6.45, 7) is 6.48. The molecule has 0 aromatic heterocycles. The zero-order valence-electron chi connectivity index (χ0n) is 12.4. The highest BCUT2D eigenvalue weighted by atomic mass is 79.9. The molecule has 0 heterocycles. The first-order valence-electron chi connectivity index (χ1n) is 6.81. The predicted octanol–water partition coefficient (Wildman–Crippen LogP) is 4.14. The monoisotopic (exact) mass is 344 g/mol. The normalized spacial score (nSPS) is 12.5. The topological polar surface area (TPSA) is 15.3 Å². The first-order valence-corrected chi connectivity index (χ1v) is 8.99. The van der Waals surface area contributed by atoms with Crippen LogP contribution in [0.25, 0.3) is 0 Å². The number of rotatable bonds is 8. The van der Waals surface area contributed by atoms with E-state index in [4.69, 9.17) is 0 Å². The van der Waals surface area contributed by atoms with Gasteiger partial charge in [-0.15, -0.1) is 0 Å². The minimum atomic E-state index is 0.536. The van der Waals surface area contributed by atoms with Gasteiger partial charge in [-0.05, 0) is 43.8 Å². The summed E-state index contributed by atoms with van der Waals surface area (Å²) in [5.41, 5.74) is 2.69. The van der Waals surface area contributed by atoms with Gasteiger partial charge in [0.2, 0.25) is 0 Å². The highest BCUT2D eigenvalue weighted by Crippen LogP contribution is 2.26. The van der Waals surface area contributed by atoms with Gasteiger partial charge in [-0.1, -0.05) is 28.9 Å². The number of nitrogens with zero attached hydrogens (tertiary/aromatic N) is 1. The van der Waals surface area contributed by atoms with Gasteiger partial charge >= 0.3 is 0 Å². The molecule has 1 aromatic rings. The molecule has 19 heavy (non-hydrogen) atoms. The molecule has 0 saturated carbocycles. The highest BCUT2D eigenvalue weighted by molar-refractivity contribution is 9.10. The molecule has 0 saturated heterocycles. The number of halogens is 1. The predicted molar refractivity (Wildman–Crippen MR) is 92.4 cm³/mol. The van der Waals surface area contributed by atoms with Crippen molar-refractivity contribution in [1.29, 1.82) is 0 Å². The van der Waals surface area contributed by atoms with Crippen molar-refractivity contribution < 1.29 is 0 Å². The molecule has 0 bridgehead atoms. The molecule has 1 unspecified atom stereocenters. The van der Waals surface area contributed by atoms with E-state index in [1.165, 1.54) is 17.7 Å². The molecule has 1 aromatic carbocycles. The van der Waals surface area contributed by atoms with Gasteiger partial charge in [-0.25, -0.2) is 0 Å². The van der Waals surface area contributed by atoms with Crippen LogP contribution in [0.1, 0.15) is 25.8 Å². The lowest BCUT2D eigenvalue weighted by Crippen LogP contribution is -2.32. The minimum Gasteiger partial charge on any atom is -0.371 e. The van der Waals surface area contributed by atoms with Crippen LogP contribution < -0.4 is 10.2 Å². The molecule has 0 aliphatic heterocycles. The lowest BCUT2D eigenvalue weighted by molar-refractivity contribution is 0.670. The quantitative estimate of drug-likeness (QED) is 0.713. The molecule has 0 spiro atoms. The fourth-order valence-corrected chi connectivity index (χ4v) is 3.06. The summed E-state index contributed by atoms with van der Waals surface area (Å²) in [6.07, 6.45) is 3.33. The van der Waals surface area contributed by atoms with Crippen LogP contribution in [0.3, 0.4) is 0 Å². The second kappa shape index (κ2) is 8.88. The third-order valence-electron chi connectivity index (χ3n) is 3.24. The van der Waals surface area contributed by atoms with E-state index in [1.807, 2.05) is 11.8 Å². The SMILES string of the molecule is CCCNCc1ccc(Br)cc1N(C)C(C)CSC. The van der Waals surface area contributed by atoms with E-state index in [1.54, 1.807) is 0 Å². The van der Waals surface area contributed by atoms with E-state index in [-0.39, 0.29) is 0 Å². The van der Waals surface area contributed by atoms with Gasteiger partial charge in [0.05, 0.1) is 0 Å². The van der Waals surface area contributed by atoms with Crippen LogP contribution in [0.5, 0.6) is 0 Å². The van der Waals surface area contributed by atoms with Gasteiger partial charge in [-0.3, -0.25) is 0 Å². The molecule has 0 aliphatic rings. The van der Waals surface area contributed by atoms with Crippen LogP contribution in [0.15, 0.2) is 22.7 Å². The van der Waals surface area contributed by atoms with Crippen LogP contribution in [-0.2, 0) is 6.54 Å². The van der Waals surface area contributed by atoms with Crippen molar-refractivity contribution >= 4 is 33.4 Å². The lowest BCUT2D eigenvalue weighted by Gasteiger charge is -2.29. The molecule has 1 N–H and O–H groups in total.